The summed E-state index contributed by atoms with van der Waals surface area (Å²) in [6.45, 7) is 2.40. The molecule has 3 N–H and O–H groups in total. The molecule has 192 valence electrons. The first-order valence-corrected chi connectivity index (χ1v) is 10.6. The topological polar surface area (TPSA) is 109 Å². The van der Waals surface area contributed by atoms with Crippen molar-refractivity contribution >= 4 is 22.8 Å². The summed E-state index contributed by atoms with van der Waals surface area (Å²) in [6.07, 6.45) is -2.95. The molecule has 3 aromatic heterocycles. The van der Waals surface area contributed by atoms with Gasteiger partial charge in [-0.15, -0.1) is 0 Å². The molecule has 0 saturated carbocycles. The molecule has 0 saturated heterocycles. The third-order valence-electron chi connectivity index (χ3n) is 5.58. The SMILES string of the molecule is CNC(=O)Nc1nccc2[nH]c(-c3c(Oc4ccc(F)c(F)c4C)ncc(C(F)(F)F)c3C)cc(=O)c12. The highest BCUT2D eigenvalue weighted by atomic mass is 19.4. The van der Waals surface area contributed by atoms with Gasteiger partial charge in [-0.1, -0.05) is 0 Å². The number of carbonyl (C=O) groups excluding carboxylic acids is 1. The minimum Gasteiger partial charge on any atom is -0.438 e. The lowest BCUT2D eigenvalue weighted by Crippen LogP contribution is -2.25. The quantitative estimate of drug-likeness (QED) is 0.311. The summed E-state index contributed by atoms with van der Waals surface area (Å²) >= 11 is 0. The van der Waals surface area contributed by atoms with Crippen LogP contribution in [0.3, 0.4) is 0 Å². The van der Waals surface area contributed by atoms with Crippen LogP contribution in [0.4, 0.5) is 32.6 Å². The fraction of sp³-hybridized carbons (Fsp3) is 0.167. The molecule has 13 heteroatoms. The van der Waals surface area contributed by atoms with E-state index in [9.17, 15) is 31.5 Å². The summed E-state index contributed by atoms with van der Waals surface area (Å²) in [4.78, 5) is 35.4. The van der Waals surface area contributed by atoms with Crippen LogP contribution >= 0.6 is 0 Å². The molecule has 0 bridgehead atoms. The number of urea groups is 1. The van der Waals surface area contributed by atoms with Crippen molar-refractivity contribution in [2.24, 2.45) is 0 Å². The molecule has 4 aromatic rings. The maximum Gasteiger partial charge on any atom is 0.418 e. The molecule has 0 aliphatic carbocycles. The van der Waals surface area contributed by atoms with Gasteiger partial charge in [0.1, 0.15) is 11.6 Å². The van der Waals surface area contributed by atoms with Crippen LogP contribution in [0.5, 0.6) is 11.6 Å². The number of nitrogens with one attached hydrogen (secondary N) is 3. The number of rotatable bonds is 4. The summed E-state index contributed by atoms with van der Waals surface area (Å²) in [7, 11) is 1.36. The molecule has 0 unspecified atom stereocenters. The van der Waals surface area contributed by atoms with E-state index in [2.05, 4.69) is 25.6 Å². The number of nitrogens with zero attached hydrogens (tertiary/aromatic N) is 2. The van der Waals surface area contributed by atoms with Crippen molar-refractivity contribution in [2.75, 3.05) is 12.4 Å². The van der Waals surface area contributed by atoms with Crippen molar-refractivity contribution in [1.29, 1.82) is 0 Å². The number of aromatic nitrogens is 3. The average Bonchev–Trinajstić information content (AvgIpc) is 2.83. The van der Waals surface area contributed by atoms with E-state index in [4.69, 9.17) is 4.74 Å². The molecule has 2 amide bonds. The maximum atomic E-state index is 14.1. The monoisotopic (exact) mass is 519 g/mol. The van der Waals surface area contributed by atoms with E-state index in [1.165, 1.54) is 33.2 Å². The standard InChI is InChI=1S/C24H18F5N5O3/c1-10-12(24(27,28)29)9-32-22(37-17-5-4-13(25)20(26)11(17)2)18(10)15-8-16(35)19-14(33-15)6-7-31-21(19)34-23(36)30-3/h4-9H,1-3H3,(H,33,35)(H2,30,31,34,36). The molecule has 0 spiro atoms. The molecule has 3 heterocycles. The number of hydrogen-bond donors (Lipinski definition) is 3. The van der Waals surface area contributed by atoms with Gasteiger partial charge in [0, 0.05) is 31.1 Å². The Labute approximate surface area is 205 Å². The fourth-order valence-electron chi connectivity index (χ4n) is 3.71. The van der Waals surface area contributed by atoms with E-state index < -0.39 is 34.8 Å². The van der Waals surface area contributed by atoms with Gasteiger partial charge in [-0.2, -0.15) is 13.2 Å². The van der Waals surface area contributed by atoms with Crippen molar-refractivity contribution in [2.45, 2.75) is 20.0 Å². The fourth-order valence-corrected chi connectivity index (χ4v) is 3.71. The van der Waals surface area contributed by atoms with E-state index in [0.717, 1.165) is 18.2 Å². The van der Waals surface area contributed by atoms with E-state index in [1.807, 2.05) is 0 Å². The zero-order valence-electron chi connectivity index (χ0n) is 19.5. The number of aromatic amines is 1. The second-order valence-electron chi connectivity index (χ2n) is 7.89. The molecule has 37 heavy (non-hydrogen) atoms. The van der Waals surface area contributed by atoms with E-state index in [1.54, 1.807) is 0 Å². The highest BCUT2D eigenvalue weighted by molar-refractivity contribution is 5.99. The van der Waals surface area contributed by atoms with Gasteiger partial charge < -0.3 is 15.0 Å². The Kier molecular flexibility index (Phi) is 6.55. The second kappa shape index (κ2) is 9.48. The van der Waals surface area contributed by atoms with Crippen LogP contribution in [0.1, 0.15) is 16.7 Å². The number of fused-ring (bicyclic) bond motifs is 1. The number of halogens is 5. The van der Waals surface area contributed by atoms with Crippen LogP contribution in [0, 0.1) is 25.5 Å². The first-order valence-electron chi connectivity index (χ1n) is 10.6. The number of anilines is 1. The molecular formula is C24H18F5N5O3. The molecule has 0 radical (unpaired) electrons. The van der Waals surface area contributed by atoms with Crippen LogP contribution in [0.2, 0.25) is 0 Å². The summed E-state index contributed by atoms with van der Waals surface area (Å²) in [5.74, 6) is -2.96. The number of hydrogen-bond acceptors (Lipinski definition) is 5. The molecule has 4 rings (SSSR count). The van der Waals surface area contributed by atoms with Crippen LogP contribution in [-0.4, -0.2) is 28.0 Å². The Hall–Kier alpha value is -4.55. The Morgan fingerprint density at radius 3 is 2.49 bits per heavy atom. The third-order valence-corrected chi connectivity index (χ3v) is 5.58. The lowest BCUT2D eigenvalue weighted by Gasteiger charge is -2.18. The lowest BCUT2D eigenvalue weighted by atomic mass is 10.0. The lowest BCUT2D eigenvalue weighted by molar-refractivity contribution is -0.138. The second-order valence-corrected chi connectivity index (χ2v) is 7.89. The highest BCUT2D eigenvalue weighted by Gasteiger charge is 2.35. The van der Waals surface area contributed by atoms with Crippen LogP contribution in [0.25, 0.3) is 22.2 Å². The van der Waals surface area contributed by atoms with Crippen molar-refractivity contribution in [3.05, 3.63) is 75.2 Å². The number of carbonyl (C=O) groups is 1. The van der Waals surface area contributed by atoms with Crippen LogP contribution in [0.15, 0.2) is 41.5 Å². The average molecular weight is 519 g/mol. The smallest absolute Gasteiger partial charge is 0.418 e. The molecule has 8 nitrogen and oxygen atoms in total. The molecular weight excluding hydrogens is 501 g/mol. The predicted molar refractivity (Wildman–Crippen MR) is 125 cm³/mol. The van der Waals surface area contributed by atoms with Crippen LogP contribution in [-0.2, 0) is 6.18 Å². The van der Waals surface area contributed by atoms with Crippen molar-refractivity contribution in [1.82, 2.24) is 20.3 Å². The zero-order valence-corrected chi connectivity index (χ0v) is 19.5. The van der Waals surface area contributed by atoms with E-state index in [-0.39, 0.29) is 50.7 Å². The Morgan fingerprint density at radius 2 is 1.81 bits per heavy atom. The number of benzene rings is 1. The van der Waals surface area contributed by atoms with E-state index >= 15 is 0 Å². The zero-order chi connectivity index (χ0) is 27.1. The summed E-state index contributed by atoms with van der Waals surface area (Å²) in [6, 6.07) is 3.68. The molecule has 0 aliphatic rings. The van der Waals surface area contributed by atoms with Gasteiger partial charge >= 0.3 is 12.2 Å². The number of amides is 2. The first-order chi connectivity index (χ1) is 17.4. The van der Waals surface area contributed by atoms with Gasteiger partial charge in [-0.05, 0) is 37.6 Å². The Bertz CT molecular complexity index is 1600. The molecule has 0 fully saturated rings. The summed E-state index contributed by atoms with van der Waals surface area (Å²) < 4.78 is 74.4. The van der Waals surface area contributed by atoms with Gasteiger partial charge in [0.2, 0.25) is 5.88 Å². The summed E-state index contributed by atoms with van der Waals surface area (Å²) in [5, 5.41) is 4.70. The molecule has 0 atom stereocenters. The van der Waals surface area contributed by atoms with Crippen molar-refractivity contribution < 1.29 is 31.5 Å². The van der Waals surface area contributed by atoms with Gasteiger partial charge in [0.25, 0.3) is 0 Å². The summed E-state index contributed by atoms with van der Waals surface area (Å²) in [5.41, 5.74) is -2.49. The first kappa shape index (κ1) is 25.5. The normalized spacial score (nSPS) is 11.5. The highest BCUT2D eigenvalue weighted by Crippen LogP contribution is 2.41. The minimum atomic E-state index is -4.78. The number of alkyl halides is 3. The minimum absolute atomic E-state index is 0.0219. The van der Waals surface area contributed by atoms with Crippen molar-refractivity contribution in [3.8, 4) is 22.9 Å². The van der Waals surface area contributed by atoms with E-state index in [0.29, 0.717) is 6.20 Å². The van der Waals surface area contributed by atoms with Gasteiger partial charge in [-0.25, -0.2) is 23.5 Å². The van der Waals surface area contributed by atoms with Gasteiger partial charge in [0.05, 0.1) is 27.7 Å². The van der Waals surface area contributed by atoms with Gasteiger partial charge in [-0.3, -0.25) is 10.1 Å². The molecule has 0 aliphatic heterocycles. The van der Waals surface area contributed by atoms with Crippen molar-refractivity contribution in [3.63, 3.8) is 0 Å². The number of ether oxygens (including phenoxy) is 1. The number of H-pyrrole nitrogens is 1. The Morgan fingerprint density at radius 1 is 1.08 bits per heavy atom. The third kappa shape index (κ3) is 4.79. The maximum absolute atomic E-state index is 14.1. The number of pyridine rings is 3. The molecule has 1 aromatic carbocycles. The van der Waals surface area contributed by atoms with Crippen LogP contribution < -0.4 is 20.8 Å². The predicted octanol–water partition coefficient (Wildman–Crippen LogP) is 5.44. The van der Waals surface area contributed by atoms with Gasteiger partial charge in [0.15, 0.2) is 17.1 Å². The Balaban J connectivity index is 1.95. The largest absolute Gasteiger partial charge is 0.438 e.